The molecular formula is C13H21N3O4. The van der Waals surface area contributed by atoms with Gasteiger partial charge in [-0.05, 0) is 13.3 Å². The second-order valence-corrected chi connectivity index (χ2v) is 4.87. The van der Waals surface area contributed by atoms with Crippen molar-refractivity contribution in [3.8, 4) is 0 Å². The van der Waals surface area contributed by atoms with Gasteiger partial charge in [0.1, 0.15) is 18.0 Å². The van der Waals surface area contributed by atoms with Crippen molar-refractivity contribution >= 4 is 5.82 Å². The molecule has 0 radical (unpaired) electrons. The lowest BCUT2D eigenvalue weighted by atomic mass is 10.1. The number of hydrogen-bond donors (Lipinski definition) is 1. The van der Waals surface area contributed by atoms with E-state index >= 15 is 0 Å². The molecule has 7 heteroatoms. The first kappa shape index (κ1) is 15.0. The fourth-order valence-corrected chi connectivity index (χ4v) is 2.56. The summed E-state index contributed by atoms with van der Waals surface area (Å²) in [7, 11) is 3.19. The molecule has 1 aliphatic rings. The molecule has 0 saturated carbocycles. The van der Waals surface area contributed by atoms with Crippen LogP contribution in [0.25, 0.3) is 0 Å². The monoisotopic (exact) mass is 283 g/mol. The Hall–Kier alpha value is -1.44. The van der Waals surface area contributed by atoms with Crippen LogP contribution in [-0.4, -0.2) is 42.1 Å². The second-order valence-electron chi connectivity index (χ2n) is 4.87. The molecule has 7 nitrogen and oxygen atoms in total. The molecule has 0 amide bonds. The summed E-state index contributed by atoms with van der Waals surface area (Å²) in [5.74, 6) is 0.230. The van der Waals surface area contributed by atoms with Gasteiger partial charge < -0.3 is 19.9 Å². The van der Waals surface area contributed by atoms with Gasteiger partial charge in [-0.2, -0.15) is 4.98 Å². The van der Waals surface area contributed by atoms with E-state index in [9.17, 15) is 4.79 Å². The predicted octanol–water partition coefficient (Wildman–Crippen LogP) is 0.471. The third-order valence-electron chi connectivity index (χ3n) is 3.68. The van der Waals surface area contributed by atoms with E-state index in [4.69, 9.17) is 19.9 Å². The fraction of sp³-hybridized carbons (Fsp3) is 0.692. The van der Waals surface area contributed by atoms with Crippen LogP contribution in [0.4, 0.5) is 5.82 Å². The van der Waals surface area contributed by atoms with Crippen LogP contribution < -0.4 is 11.4 Å². The van der Waals surface area contributed by atoms with Gasteiger partial charge in [-0.25, -0.2) is 4.79 Å². The van der Waals surface area contributed by atoms with Gasteiger partial charge in [0.05, 0.1) is 6.10 Å². The molecule has 1 aliphatic heterocycles. The number of methoxy groups -OCH3 is 2. The summed E-state index contributed by atoms with van der Waals surface area (Å²) in [5.41, 5.74) is 5.91. The number of aryl methyl sites for hydroxylation is 1. The number of aromatic nitrogens is 2. The molecule has 1 saturated heterocycles. The quantitative estimate of drug-likeness (QED) is 0.864. The zero-order chi connectivity index (χ0) is 14.9. The molecule has 1 aromatic rings. The van der Waals surface area contributed by atoms with E-state index in [0.717, 1.165) is 12.0 Å². The van der Waals surface area contributed by atoms with Crippen LogP contribution in [0.2, 0.25) is 0 Å². The van der Waals surface area contributed by atoms with Gasteiger partial charge in [-0.1, -0.05) is 6.92 Å². The minimum Gasteiger partial charge on any atom is -0.383 e. The number of anilines is 1. The Bertz CT molecular complexity index is 531. The highest BCUT2D eigenvalue weighted by molar-refractivity contribution is 5.35. The maximum absolute atomic E-state index is 12.0. The molecular weight excluding hydrogens is 262 g/mol. The van der Waals surface area contributed by atoms with Crippen molar-refractivity contribution in [2.45, 2.75) is 44.8 Å². The SMILES string of the molecule is CC[C@H]1O[C@@H](n2cc(C)c(N)nc2=O)C(OC)[C@H]1OC. The van der Waals surface area contributed by atoms with E-state index in [1.807, 2.05) is 6.92 Å². The van der Waals surface area contributed by atoms with Gasteiger partial charge >= 0.3 is 5.69 Å². The summed E-state index contributed by atoms with van der Waals surface area (Å²) in [5, 5.41) is 0. The third-order valence-corrected chi connectivity index (χ3v) is 3.68. The lowest BCUT2D eigenvalue weighted by Gasteiger charge is -2.22. The van der Waals surface area contributed by atoms with Crippen LogP contribution in [-0.2, 0) is 14.2 Å². The Kier molecular flexibility index (Phi) is 4.42. The summed E-state index contributed by atoms with van der Waals surface area (Å²) in [6.45, 7) is 3.79. The van der Waals surface area contributed by atoms with Crippen molar-refractivity contribution in [3.05, 3.63) is 22.2 Å². The third kappa shape index (κ3) is 2.44. The van der Waals surface area contributed by atoms with Crippen molar-refractivity contribution in [2.75, 3.05) is 20.0 Å². The minimum atomic E-state index is -0.561. The summed E-state index contributed by atoms with van der Waals surface area (Å²) in [6, 6.07) is 0. The summed E-state index contributed by atoms with van der Waals surface area (Å²) in [6.07, 6.45) is 1.14. The number of hydrogen-bond acceptors (Lipinski definition) is 6. The number of nitrogens with zero attached hydrogens (tertiary/aromatic N) is 2. The van der Waals surface area contributed by atoms with Crippen molar-refractivity contribution < 1.29 is 14.2 Å². The predicted molar refractivity (Wildman–Crippen MR) is 73.4 cm³/mol. The van der Waals surface area contributed by atoms with Crippen LogP contribution in [0.5, 0.6) is 0 Å². The van der Waals surface area contributed by atoms with Gasteiger partial charge in [0.15, 0.2) is 6.23 Å². The van der Waals surface area contributed by atoms with E-state index in [1.165, 1.54) is 4.57 Å². The fourth-order valence-electron chi connectivity index (χ4n) is 2.56. The summed E-state index contributed by atoms with van der Waals surface area (Å²) in [4.78, 5) is 15.8. The average Bonchev–Trinajstić information content (AvgIpc) is 2.80. The lowest BCUT2D eigenvalue weighted by molar-refractivity contribution is -0.0559. The van der Waals surface area contributed by atoms with Gasteiger partial charge in [-0.15, -0.1) is 0 Å². The van der Waals surface area contributed by atoms with Gasteiger partial charge in [0.2, 0.25) is 0 Å². The van der Waals surface area contributed by atoms with Gasteiger partial charge in [0, 0.05) is 26.0 Å². The Balaban J connectivity index is 2.41. The van der Waals surface area contributed by atoms with Crippen LogP contribution >= 0.6 is 0 Å². The molecule has 2 rings (SSSR count). The van der Waals surface area contributed by atoms with Crippen LogP contribution in [0.1, 0.15) is 25.1 Å². The molecule has 0 aliphatic carbocycles. The second kappa shape index (κ2) is 5.90. The minimum absolute atomic E-state index is 0.125. The molecule has 0 aromatic carbocycles. The molecule has 112 valence electrons. The Morgan fingerprint density at radius 2 is 2.05 bits per heavy atom. The van der Waals surface area contributed by atoms with E-state index in [2.05, 4.69) is 4.98 Å². The molecule has 0 spiro atoms. The van der Waals surface area contributed by atoms with Gasteiger partial charge in [0.25, 0.3) is 0 Å². The van der Waals surface area contributed by atoms with Gasteiger partial charge in [-0.3, -0.25) is 4.57 Å². The summed E-state index contributed by atoms with van der Waals surface area (Å²) < 4.78 is 18.3. The largest absolute Gasteiger partial charge is 0.383 e. The number of rotatable bonds is 4. The highest BCUT2D eigenvalue weighted by atomic mass is 16.6. The Morgan fingerprint density at radius 1 is 1.40 bits per heavy atom. The zero-order valence-corrected chi connectivity index (χ0v) is 12.2. The van der Waals surface area contributed by atoms with E-state index in [-0.39, 0.29) is 24.1 Å². The Morgan fingerprint density at radius 3 is 2.60 bits per heavy atom. The molecule has 2 heterocycles. The molecule has 20 heavy (non-hydrogen) atoms. The van der Waals surface area contributed by atoms with Crippen LogP contribution in [0, 0.1) is 6.92 Å². The normalized spacial score (nSPS) is 29.8. The molecule has 1 aromatic heterocycles. The van der Waals surface area contributed by atoms with Crippen LogP contribution in [0.3, 0.4) is 0 Å². The van der Waals surface area contributed by atoms with Crippen molar-refractivity contribution in [1.82, 2.24) is 9.55 Å². The zero-order valence-electron chi connectivity index (χ0n) is 12.2. The van der Waals surface area contributed by atoms with E-state index in [1.54, 1.807) is 27.3 Å². The first-order valence-electron chi connectivity index (χ1n) is 6.59. The van der Waals surface area contributed by atoms with Crippen molar-refractivity contribution in [1.29, 1.82) is 0 Å². The molecule has 1 unspecified atom stereocenters. The molecule has 1 fully saturated rings. The average molecular weight is 283 g/mol. The van der Waals surface area contributed by atoms with Crippen LogP contribution in [0.15, 0.2) is 11.0 Å². The number of nitrogen functional groups attached to an aromatic ring is 1. The Labute approximate surface area is 117 Å². The van der Waals surface area contributed by atoms with Crippen molar-refractivity contribution in [3.63, 3.8) is 0 Å². The smallest absolute Gasteiger partial charge is 0.351 e. The molecule has 4 atom stereocenters. The highest BCUT2D eigenvalue weighted by Crippen LogP contribution is 2.33. The highest BCUT2D eigenvalue weighted by Gasteiger charge is 2.45. The number of nitrogens with two attached hydrogens (primary N) is 1. The van der Waals surface area contributed by atoms with E-state index < -0.39 is 11.9 Å². The molecule has 0 bridgehead atoms. The van der Waals surface area contributed by atoms with E-state index in [0.29, 0.717) is 0 Å². The maximum Gasteiger partial charge on any atom is 0.351 e. The lowest BCUT2D eigenvalue weighted by Crippen LogP contribution is -2.38. The molecule has 2 N–H and O–H groups in total. The van der Waals surface area contributed by atoms with Crippen molar-refractivity contribution in [2.24, 2.45) is 0 Å². The number of ether oxygens (including phenoxy) is 3. The summed E-state index contributed by atoms with van der Waals surface area (Å²) >= 11 is 0. The first-order chi connectivity index (χ1) is 9.53. The maximum atomic E-state index is 12.0. The topological polar surface area (TPSA) is 88.6 Å². The standard InChI is InChI=1S/C13H21N3O4/c1-5-8-9(18-3)10(19-4)12(20-8)16-6-7(2)11(14)15-13(16)17/h6,8-10,12H,5H2,1-4H3,(H2,14,15,17)/t8-,9+,10?,12-/m1/s1. The first-order valence-corrected chi connectivity index (χ1v) is 6.59.